The topological polar surface area (TPSA) is 127 Å². The first kappa shape index (κ1) is 23.4. The van der Waals surface area contributed by atoms with Gasteiger partial charge in [-0.15, -0.1) is 0 Å². The van der Waals surface area contributed by atoms with Gasteiger partial charge in [-0.1, -0.05) is 17.7 Å². The molecule has 1 saturated carbocycles. The van der Waals surface area contributed by atoms with Crippen LogP contribution in [0.3, 0.4) is 0 Å². The minimum atomic E-state index is -1.67. The van der Waals surface area contributed by atoms with Gasteiger partial charge in [0.2, 0.25) is 5.72 Å². The Balaban J connectivity index is 1.61. The molecule has 0 saturated heterocycles. The second-order valence-corrected chi connectivity index (χ2v) is 8.23. The summed E-state index contributed by atoms with van der Waals surface area (Å²) in [5.41, 5.74) is 1.96. The second kappa shape index (κ2) is 10.0. The Bertz CT molecular complexity index is 1170. The number of hydrogen-bond acceptors (Lipinski definition) is 8. The van der Waals surface area contributed by atoms with Crippen molar-refractivity contribution in [3.8, 4) is 17.1 Å². The molecule has 0 aliphatic heterocycles. The molecule has 0 bridgehead atoms. The van der Waals surface area contributed by atoms with Crippen LogP contribution >= 0.6 is 11.6 Å². The molecule has 4 rings (SSSR count). The van der Waals surface area contributed by atoms with Gasteiger partial charge in [0, 0.05) is 30.8 Å². The molecule has 2 aromatic heterocycles. The highest BCUT2D eigenvalue weighted by Crippen LogP contribution is 2.36. The Morgan fingerprint density at radius 3 is 2.53 bits per heavy atom. The van der Waals surface area contributed by atoms with Crippen LogP contribution in [0.4, 0.5) is 5.69 Å². The first-order chi connectivity index (χ1) is 16.4. The van der Waals surface area contributed by atoms with Gasteiger partial charge in [-0.3, -0.25) is 14.6 Å². The molecule has 1 unspecified atom stereocenters. The van der Waals surface area contributed by atoms with Crippen LogP contribution in [0, 0.1) is 0 Å². The highest BCUT2D eigenvalue weighted by atomic mass is 35.5. The van der Waals surface area contributed by atoms with Crippen LogP contribution in [-0.4, -0.2) is 45.6 Å². The van der Waals surface area contributed by atoms with Gasteiger partial charge in [0.25, 0.3) is 11.8 Å². The van der Waals surface area contributed by atoms with E-state index in [1.54, 1.807) is 36.5 Å². The van der Waals surface area contributed by atoms with Gasteiger partial charge >= 0.3 is 0 Å². The largest absolute Gasteiger partial charge is 0.494 e. The lowest BCUT2D eigenvalue weighted by Gasteiger charge is -2.30. The lowest BCUT2D eigenvalue weighted by molar-refractivity contribution is -0.147. The first-order valence-corrected chi connectivity index (χ1v) is 10.9. The van der Waals surface area contributed by atoms with Crippen molar-refractivity contribution in [2.75, 3.05) is 12.4 Å². The smallest absolute Gasteiger partial charge is 0.276 e. The summed E-state index contributed by atoms with van der Waals surface area (Å²) in [5, 5.41) is 6.36. The van der Waals surface area contributed by atoms with Gasteiger partial charge in [-0.05, 0) is 44.0 Å². The Labute approximate surface area is 201 Å². The highest BCUT2D eigenvalue weighted by molar-refractivity contribution is 6.30. The Hall–Kier alpha value is -3.76. The number of halogens is 1. The van der Waals surface area contributed by atoms with Crippen LogP contribution < -0.4 is 20.9 Å². The molecule has 3 aromatic rings. The molecule has 1 atom stereocenters. The van der Waals surface area contributed by atoms with E-state index in [9.17, 15) is 9.59 Å². The average molecular weight is 483 g/mol. The van der Waals surface area contributed by atoms with E-state index in [4.69, 9.17) is 21.2 Å². The molecule has 2 heterocycles. The maximum Gasteiger partial charge on any atom is 0.276 e. The number of amides is 2. The minimum absolute atomic E-state index is 0.0712. The number of para-hydroxylation sites is 1. The zero-order valence-corrected chi connectivity index (χ0v) is 19.3. The van der Waals surface area contributed by atoms with Crippen LogP contribution in [0.15, 0.2) is 55.1 Å². The summed E-state index contributed by atoms with van der Waals surface area (Å²) in [4.78, 5) is 43.7. The van der Waals surface area contributed by atoms with Crippen molar-refractivity contribution >= 4 is 29.1 Å². The maximum absolute atomic E-state index is 13.1. The number of nitrogens with one attached hydrogen (secondary N) is 3. The lowest BCUT2D eigenvalue weighted by atomic mass is 10.1. The van der Waals surface area contributed by atoms with E-state index in [-0.39, 0.29) is 11.6 Å². The molecular weight excluding hydrogens is 460 g/mol. The van der Waals surface area contributed by atoms with Crippen LogP contribution in [-0.2, 0) is 9.63 Å². The predicted octanol–water partition coefficient (Wildman–Crippen LogP) is 2.97. The van der Waals surface area contributed by atoms with Gasteiger partial charge in [0.05, 0.1) is 28.9 Å². The molecular formula is C23H23ClN6O4. The third-order valence-corrected chi connectivity index (χ3v) is 5.27. The number of carbonyl (C=O) groups is 2. The fourth-order valence-electron chi connectivity index (χ4n) is 3.12. The van der Waals surface area contributed by atoms with E-state index in [1.165, 1.54) is 32.6 Å². The van der Waals surface area contributed by atoms with E-state index in [0.717, 1.165) is 12.8 Å². The first-order valence-electron chi connectivity index (χ1n) is 10.5. The van der Waals surface area contributed by atoms with Gasteiger partial charge in [0.1, 0.15) is 0 Å². The summed E-state index contributed by atoms with van der Waals surface area (Å²) >= 11 is 5.91. The molecule has 0 spiro atoms. The number of benzene rings is 1. The quantitative estimate of drug-likeness (QED) is 0.314. The predicted molar refractivity (Wildman–Crippen MR) is 125 cm³/mol. The van der Waals surface area contributed by atoms with E-state index in [0.29, 0.717) is 27.8 Å². The molecule has 10 nitrogen and oxygen atoms in total. The number of hydrogen-bond donors (Lipinski definition) is 3. The summed E-state index contributed by atoms with van der Waals surface area (Å²) in [6.45, 7) is 1.51. The number of nitrogens with zero attached hydrogens (tertiary/aromatic N) is 3. The van der Waals surface area contributed by atoms with Crippen molar-refractivity contribution in [1.82, 2.24) is 25.7 Å². The molecule has 1 aliphatic rings. The number of hydroxylamine groups is 1. The van der Waals surface area contributed by atoms with Crippen molar-refractivity contribution in [1.29, 1.82) is 0 Å². The van der Waals surface area contributed by atoms with E-state index >= 15 is 0 Å². The number of rotatable bonds is 9. The number of anilines is 1. The zero-order chi connectivity index (χ0) is 24.1. The van der Waals surface area contributed by atoms with Crippen molar-refractivity contribution < 1.29 is 19.2 Å². The van der Waals surface area contributed by atoms with Crippen LogP contribution in [0.25, 0.3) is 11.4 Å². The second-order valence-electron chi connectivity index (χ2n) is 7.79. The lowest BCUT2D eigenvalue weighted by Crippen LogP contribution is -2.56. The Morgan fingerprint density at radius 1 is 1.12 bits per heavy atom. The Morgan fingerprint density at radius 2 is 1.88 bits per heavy atom. The Kier molecular flexibility index (Phi) is 6.90. The fraction of sp³-hybridized carbons (Fsp3) is 0.261. The van der Waals surface area contributed by atoms with E-state index in [2.05, 4.69) is 31.1 Å². The van der Waals surface area contributed by atoms with Crippen molar-refractivity contribution in [3.05, 3.63) is 65.7 Å². The summed E-state index contributed by atoms with van der Waals surface area (Å²) in [7, 11) is 1.49. The summed E-state index contributed by atoms with van der Waals surface area (Å²) < 4.78 is 5.62. The van der Waals surface area contributed by atoms with E-state index in [1.807, 2.05) is 0 Å². The average Bonchev–Trinajstić information content (AvgIpc) is 3.67. The summed E-state index contributed by atoms with van der Waals surface area (Å²) in [6, 6.07) is 8.53. The van der Waals surface area contributed by atoms with Gasteiger partial charge < -0.3 is 15.4 Å². The summed E-state index contributed by atoms with van der Waals surface area (Å²) in [6.07, 6.45) is 7.68. The minimum Gasteiger partial charge on any atom is -0.494 e. The number of aromatic nitrogens is 3. The number of methoxy groups -OCH3 is 1. The number of carbonyl (C=O) groups excluding carboxylic acids is 2. The molecule has 176 valence electrons. The van der Waals surface area contributed by atoms with E-state index < -0.39 is 17.5 Å². The molecule has 2 amide bonds. The van der Waals surface area contributed by atoms with Crippen LogP contribution in [0.1, 0.15) is 30.1 Å². The summed E-state index contributed by atoms with van der Waals surface area (Å²) in [5.74, 6) is -0.218. The van der Waals surface area contributed by atoms with Crippen molar-refractivity contribution in [3.63, 3.8) is 0 Å². The third kappa shape index (κ3) is 5.41. The molecule has 0 radical (unpaired) electrons. The third-order valence-electron chi connectivity index (χ3n) is 5.07. The molecule has 3 N–H and O–H groups in total. The molecule has 34 heavy (non-hydrogen) atoms. The van der Waals surface area contributed by atoms with Crippen molar-refractivity contribution in [2.45, 2.75) is 31.5 Å². The van der Waals surface area contributed by atoms with Gasteiger partial charge in [-0.25, -0.2) is 20.3 Å². The molecule has 1 aromatic carbocycles. The number of pyridine rings is 1. The van der Waals surface area contributed by atoms with Gasteiger partial charge in [-0.2, -0.15) is 0 Å². The molecule has 1 fully saturated rings. The normalized spacial score (nSPS) is 14.6. The zero-order valence-electron chi connectivity index (χ0n) is 18.5. The number of ether oxygens (including phenoxy) is 1. The van der Waals surface area contributed by atoms with Crippen molar-refractivity contribution in [2.24, 2.45) is 0 Å². The maximum atomic E-state index is 13.1. The fourth-order valence-corrected chi connectivity index (χ4v) is 3.22. The monoisotopic (exact) mass is 482 g/mol. The molecule has 11 heteroatoms. The van der Waals surface area contributed by atoms with Crippen LogP contribution in [0.5, 0.6) is 5.75 Å². The molecule has 1 aliphatic carbocycles. The SMILES string of the molecule is COc1c(NC(C)(ONC(=O)c2cccnc2)C(=O)NC2CC2)cccc1-c1ncc(Cl)cn1. The highest BCUT2D eigenvalue weighted by Gasteiger charge is 2.40. The standard InChI is InChI=1S/C23H23ClN6O4/c1-23(22(32)28-16-8-9-16,34-30-21(31)14-5-4-10-25-11-14)29-18-7-3-6-17(19(18)33-2)20-26-12-15(24)13-27-20/h3-7,10-13,16,29H,8-9H2,1-2H3,(H,28,32)(H,30,31). The van der Waals surface area contributed by atoms with Gasteiger partial charge in [0.15, 0.2) is 11.6 Å². The van der Waals surface area contributed by atoms with Crippen LogP contribution in [0.2, 0.25) is 5.02 Å².